The van der Waals surface area contributed by atoms with Gasteiger partial charge in [0.25, 0.3) is 5.91 Å². The molecule has 2 aromatic carbocycles. The molecular formula is C25H22N2O6S. The maximum absolute atomic E-state index is 13.5. The Balaban J connectivity index is 1.81. The van der Waals surface area contributed by atoms with Gasteiger partial charge in [0.1, 0.15) is 10.6 Å². The molecule has 1 aliphatic heterocycles. The summed E-state index contributed by atoms with van der Waals surface area (Å²) in [7, 11) is 1.52. The van der Waals surface area contributed by atoms with Crippen molar-refractivity contribution in [2.75, 3.05) is 18.6 Å². The average Bonchev–Trinajstić information content (AvgIpc) is 3.36. The van der Waals surface area contributed by atoms with Crippen LogP contribution in [0.15, 0.2) is 65.9 Å². The van der Waals surface area contributed by atoms with Crippen molar-refractivity contribution >= 4 is 34.1 Å². The third-order valence-corrected chi connectivity index (χ3v) is 6.51. The number of hydrogen-bond donors (Lipinski definition) is 1. The highest BCUT2D eigenvalue weighted by Crippen LogP contribution is 2.43. The SMILES string of the molecule is CCOC(=O)c1sc(N2C(=O)C(O)=C(C(=O)c3ccc(OC)cc3)C2c2ccccc2)nc1C. The van der Waals surface area contributed by atoms with Crippen LogP contribution >= 0.6 is 11.3 Å². The molecule has 4 rings (SSSR count). The number of aliphatic hydroxyl groups excluding tert-OH is 1. The molecular weight excluding hydrogens is 456 g/mol. The molecule has 174 valence electrons. The highest BCUT2D eigenvalue weighted by atomic mass is 32.1. The highest BCUT2D eigenvalue weighted by molar-refractivity contribution is 7.17. The van der Waals surface area contributed by atoms with Crippen LogP contribution in [0.25, 0.3) is 0 Å². The van der Waals surface area contributed by atoms with E-state index in [1.54, 1.807) is 62.4 Å². The summed E-state index contributed by atoms with van der Waals surface area (Å²) in [6.07, 6.45) is 0. The summed E-state index contributed by atoms with van der Waals surface area (Å²) in [6, 6.07) is 14.4. The maximum atomic E-state index is 13.5. The smallest absolute Gasteiger partial charge is 0.350 e. The van der Waals surface area contributed by atoms with Gasteiger partial charge in [0.05, 0.1) is 31.0 Å². The Kier molecular flexibility index (Phi) is 6.47. The molecule has 0 fully saturated rings. The number of aliphatic hydroxyl groups is 1. The van der Waals surface area contributed by atoms with Gasteiger partial charge in [0.2, 0.25) is 0 Å². The second-order valence-electron chi connectivity index (χ2n) is 7.44. The number of carbonyl (C=O) groups excluding carboxylic acids is 3. The summed E-state index contributed by atoms with van der Waals surface area (Å²) in [4.78, 5) is 45.0. The molecule has 1 atom stereocenters. The lowest BCUT2D eigenvalue weighted by Gasteiger charge is -2.24. The number of methoxy groups -OCH3 is 1. The topological polar surface area (TPSA) is 106 Å². The van der Waals surface area contributed by atoms with Crippen molar-refractivity contribution in [3.8, 4) is 5.75 Å². The number of anilines is 1. The third kappa shape index (κ3) is 4.06. The number of hydrogen-bond acceptors (Lipinski definition) is 8. The molecule has 3 aromatic rings. The first-order valence-electron chi connectivity index (χ1n) is 10.5. The minimum atomic E-state index is -0.927. The largest absolute Gasteiger partial charge is 0.503 e. The molecule has 8 nitrogen and oxygen atoms in total. The van der Waals surface area contributed by atoms with Crippen LogP contribution in [0.5, 0.6) is 5.75 Å². The van der Waals surface area contributed by atoms with E-state index < -0.39 is 29.5 Å². The molecule has 1 N–H and O–H groups in total. The molecule has 1 amide bonds. The fourth-order valence-corrected chi connectivity index (χ4v) is 4.74. The minimum Gasteiger partial charge on any atom is -0.503 e. The van der Waals surface area contributed by atoms with Crippen molar-refractivity contribution in [3.05, 3.63) is 87.6 Å². The first kappa shape index (κ1) is 23.2. The fraction of sp³-hybridized carbons (Fsp3) is 0.200. The van der Waals surface area contributed by atoms with Crippen molar-refractivity contribution in [1.29, 1.82) is 0 Å². The molecule has 1 aliphatic rings. The van der Waals surface area contributed by atoms with E-state index in [-0.39, 0.29) is 22.2 Å². The average molecular weight is 479 g/mol. The Labute approximate surface area is 200 Å². The fourth-order valence-electron chi connectivity index (χ4n) is 3.75. The Morgan fingerprint density at radius 3 is 2.41 bits per heavy atom. The van der Waals surface area contributed by atoms with E-state index >= 15 is 0 Å². The van der Waals surface area contributed by atoms with Crippen LogP contribution in [0, 0.1) is 6.92 Å². The van der Waals surface area contributed by atoms with Gasteiger partial charge in [0.15, 0.2) is 16.7 Å². The van der Waals surface area contributed by atoms with Crippen LogP contribution < -0.4 is 9.64 Å². The van der Waals surface area contributed by atoms with Crippen molar-refractivity contribution in [2.45, 2.75) is 19.9 Å². The number of carbonyl (C=O) groups is 3. The Bertz CT molecular complexity index is 1280. The molecule has 9 heteroatoms. The molecule has 1 unspecified atom stereocenters. The minimum absolute atomic E-state index is 0.0631. The number of Topliss-reactive ketones (excluding diaryl/α,β-unsaturated/α-hetero) is 1. The van der Waals surface area contributed by atoms with Crippen LogP contribution in [-0.2, 0) is 9.53 Å². The zero-order valence-corrected chi connectivity index (χ0v) is 19.6. The van der Waals surface area contributed by atoms with E-state index in [0.29, 0.717) is 22.6 Å². The van der Waals surface area contributed by atoms with Gasteiger partial charge in [-0.3, -0.25) is 14.5 Å². The van der Waals surface area contributed by atoms with Gasteiger partial charge >= 0.3 is 5.97 Å². The van der Waals surface area contributed by atoms with Crippen molar-refractivity contribution in [1.82, 2.24) is 4.98 Å². The quantitative estimate of drug-likeness (QED) is 0.396. The van der Waals surface area contributed by atoms with Gasteiger partial charge in [-0.05, 0) is 43.7 Å². The summed E-state index contributed by atoms with van der Waals surface area (Å²) >= 11 is 0.977. The second-order valence-corrected chi connectivity index (χ2v) is 8.42. The van der Waals surface area contributed by atoms with E-state index in [1.807, 2.05) is 6.07 Å². The van der Waals surface area contributed by atoms with Crippen LogP contribution in [0.2, 0.25) is 0 Å². The van der Waals surface area contributed by atoms with Gasteiger partial charge in [-0.25, -0.2) is 9.78 Å². The molecule has 2 heterocycles. The number of ketones is 1. The van der Waals surface area contributed by atoms with E-state index in [0.717, 1.165) is 11.3 Å². The van der Waals surface area contributed by atoms with E-state index in [9.17, 15) is 19.5 Å². The van der Waals surface area contributed by atoms with Crippen molar-refractivity contribution in [3.63, 3.8) is 0 Å². The number of rotatable bonds is 7. The summed E-state index contributed by atoms with van der Waals surface area (Å²) in [5, 5.41) is 11.0. The monoisotopic (exact) mass is 478 g/mol. The lowest BCUT2D eigenvalue weighted by Crippen LogP contribution is -2.31. The number of amides is 1. The first-order chi connectivity index (χ1) is 16.4. The van der Waals surface area contributed by atoms with Gasteiger partial charge < -0.3 is 14.6 Å². The van der Waals surface area contributed by atoms with Gasteiger partial charge in [-0.2, -0.15) is 0 Å². The highest BCUT2D eigenvalue weighted by Gasteiger charge is 2.46. The normalized spacial score (nSPS) is 15.6. The van der Waals surface area contributed by atoms with E-state index in [1.165, 1.54) is 12.0 Å². The predicted octanol–water partition coefficient (Wildman–Crippen LogP) is 4.42. The molecule has 0 saturated carbocycles. The zero-order chi connectivity index (χ0) is 24.4. The number of aryl methyl sites for hydroxylation is 1. The number of ether oxygens (including phenoxy) is 2. The Hall–Kier alpha value is -3.98. The standard InChI is InChI=1S/C25H22N2O6S/c1-4-33-24(31)22-14(2)26-25(34-22)27-19(15-8-6-5-7-9-15)18(21(29)23(27)30)20(28)16-10-12-17(32-3)13-11-16/h5-13,19,29H,4H2,1-3H3. The molecule has 0 saturated heterocycles. The molecule has 1 aromatic heterocycles. The van der Waals surface area contributed by atoms with Crippen LogP contribution in [0.3, 0.4) is 0 Å². The number of benzene rings is 2. The Morgan fingerprint density at radius 1 is 1.12 bits per heavy atom. The third-order valence-electron chi connectivity index (χ3n) is 5.37. The maximum Gasteiger partial charge on any atom is 0.350 e. The zero-order valence-electron chi connectivity index (χ0n) is 18.8. The van der Waals surface area contributed by atoms with Gasteiger partial charge in [0, 0.05) is 5.56 Å². The summed E-state index contributed by atoms with van der Waals surface area (Å²) in [5.74, 6) is -1.89. The number of esters is 1. The second kappa shape index (κ2) is 9.48. The van der Waals surface area contributed by atoms with Crippen molar-refractivity contribution in [2.24, 2.45) is 0 Å². The molecule has 0 spiro atoms. The molecule has 0 bridgehead atoms. The lowest BCUT2D eigenvalue weighted by atomic mass is 9.93. The molecule has 0 radical (unpaired) electrons. The van der Waals surface area contributed by atoms with E-state index in [4.69, 9.17) is 9.47 Å². The predicted molar refractivity (Wildman–Crippen MR) is 126 cm³/mol. The van der Waals surface area contributed by atoms with Gasteiger partial charge in [-0.15, -0.1) is 0 Å². The van der Waals surface area contributed by atoms with Crippen molar-refractivity contribution < 1.29 is 29.0 Å². The van der Waals surface area contributed by atoms with Crippen LogP contribution in [0.1, 0.15) is 44.3 Å². The number of nitrogens with zero attached hydrogens (tertiary/aromatic N) is 2. The first-order valence-corrected chi connectivity index (χ1v) is 11.3. The van der Waals surface area contributed by atoms with Gasteiger partial charge in [-0.1, -0.05) is 41.7 Å². The van der Waals surface area contributed by atoms with Crippen LogP contribution in [-0.4, -0.2) is 41.5 Å². The van der Waals surface area contributed by atoms with Crippen LogP contribution in [0.4, 0.5) is 5.13 Å². The van der Waals surface area contributed by atoms with E-state index in [2.05, 4.69) is 4.98 Å². The molecule has 0 aliphatic carbocycles. The summed E-state index contributed by atoms with van der Waals surface area (Å²) < 4.78 is 10.2. The summed E-state index contributed by atoms with van der Waals surface area (Å²) in [5.41, 5.74) is 1.24. The summed E-state index contributed by atoms with van der Waals surface area (Å²) in [6.45, 7) is 3.54. The number of aromatic nitrogens is 1. The number of thiazole rings is 1. The Morgan fingerprint density at radius 2 is 1.79 bits per heavy atom. The molecule has 34 heavy (non-hydrogen) atoms. The lowest BCUT2D eigenvalue weighted by molar-refractivity contribution is -0.117.